The number of rotatable bonds is 6. The van der Waals surface area contributed by atoms with Gasteiger partial charge in [0.25, 0.3) is 0 Å². The highest BCUT2D eigenvalue weighted by atomic mass is 35.5. The highest BCUT2D eigenvalue weighted by Gasteiger charge is 2.75. The number of hydrogen-bond donors (Lipinski definition) is 1. The van der Waals surface area contributed by atoms with Crippen molar-refractivity contribution >= 4 is 29.2 Å². The van der Waals surface area contributed by atoms with Gasteiger partial charge < -0.3 is 9.84 Å². The Hall–Kier alpha value is -1.31. The summed E-state index contributed by atoms with van der Waals surface area (Å²) in [5.74, 6) is -8.65. The summed E-state index contributed by atoms with van der Waals surface area (Å²) in [5.41, 5.74) is -4.58. The zero-order chi connectivity index (χ0) is 20.0. The molecular formula is C17H16Cl2F4O3. The van der Waals surface area contributed by atoms with E-state index in [-0.39, 0.29) is 4.49 Å². The number of ether oxygens (including phenoxy) is 1. The summed E-state index contributed by atoms with van der Waals surface area (Å²) >= 11 is 11.2. The summed E-state index contributed by atoms with van der Waals surface area (Å²) in [6.07, 6.45) is 0.482. The molecule has 1 aliphatic carbocycles. The van der Waals surface area contributed by atoms with Crippen molar-refractivity contribution in [1.29, 1.82) is 0 Å². The van der Waals surface area contributed by atoms with Crippen molar-refractivity contribution in [2.45, 2.75) is 26.9 Å². The van der Waals surface area contributed by atoms with Crippen molar-refractivity contribution in [1.82, 2.24) is 0 Å². The monoisotopic (exact) mass is 414 g/mol. The Labute approximate surface area is 157 Å². The lowest BCUT2D eigenvalue weighted by Gasteiger charge is -2.18. The summed E-state index contributed by atoms with van der Waals surface area (Å²) in [4.78, 5) is 11.9. The molecule has 0 saturated heterocycles. The fourth-order valence-electron chi connectivity index (χ4n) is 3.62. The normalized spacial score (nSPS) is 23.7. The molecule has 0 radical (unpaired) electrons. The minimum absolute atomic E-state index is 0.208. The second kappa shape index (κ2) is 7.02. The lowest BCUT2D eigenvalue weighted by molar-refractivity contribution is -0.145. The molecule has 0 aromatic heterocycles. The van der Waals surface area contributed by atoms with Crippen molar-refractivity contribution < 1.29 is 32.2 Å². The molecule has 1 aliphatic rings. The van der Waals surface area contributed by atoms with E-state index in [1.54, 1.807) is 13.8 Å². The lowest BCUT2D eigenvalue weighted by atomic mass is 9.87. The molecule has 2 atom stereocenters. The molecule has 26 heavy (non-hydrogen) atoms. The molecule has 0 amide bonds. The summed E-state index contributed by atoms with van der Waals surface area (Å²) in [5, 5.41) is 9.68. The Bertz CT molecular complexity index is 762. The molecule has 0 unspecified atom stereocenters. The van der Waals surface area contributed by atoms with E-state index in [2.05, 4.69) is 4.74 Å². The Kier molecular flexibility index (Phi) is 5.67. The first-order chi connectivity index (χ1) is 11.9. The summed E-state index contributed by atoms with van der Waals surface area (Å²) in [6, 6.07) is 0. The predicted molar refractivity (Wildman–Crippen MR) is 87.8 cm³/mol. The molecular weight excluding hydrogens is 399 g/mol. The zero-order valence-corrected chi connectivity index (χ0v) is 15.6. The van der Waals surface area contributed by atoms with Gasteiger partial charge >= 0.3 is 5.97 Å². The Morgan fingerprint density at radius 1 is 1.12 bits per heavy atom. The minimum Gasteiger partial charge on any atom is -0.481 e. The van der Waals surface area contributed by atoms with Gasteiger partial charge in [-0.2, -0.15) is 0 Å². The van der Waals surface area contributed by atoms with Gasteiger partial charge in [0.1, 0.15) is 4.49 Å². The van der Waals surface area contributed by atoms with Gasteiger partial charge in [-0.05, 0) is 17.9 Å². The van der Waals surface area contributed by atoms with Gasteiger partial charge in [0, 0.05) is 18.6 Å². The predicted octanol–water partition coefficient (Wildman–Crippen LogP) is 4.98. The van der Waals surface area contributed by atoms with E-state index in [9.17, 15) is 27.5 Å². The topological polar surface area (TPSA) is 46.5 Å². The fraction of sp³-hybridized carbons (Fsp3) is 0.471. The van der Waals surface area contributed by atoms with Crippen molar-refractivity contribution in [3.63, 3.8) is 0 Å². The molecule has 1 N–H and O–H groups in total. The van der Waals surface area contributed by atoms with Crippen LogP contribution in [-0.4, -0.2) is 18.2 Å². The van der Waals surface area contributed by atoms with Gasteiger partial charge in [0.05, 0.1) is 17.6 Å². The number of halogens is 6. The van der Waals surface area contributed by atoms with Crippen LogP contribution in [0.2, 0.25) is 0 Å². The number of benzene rings is 1. The summed E-state index contributed by atoms with van der Waals surface area (Å²) in [6.45, 7) is 2.41. The average Bonchev–Trinajstić information content (AvgIpc) is 3.01. The smallest absolute Gasteiger partial charge is 0.311 e. The maximum atomic E-state index is 14.4. The summed E-state index contributed by atoms with van der Waals surface area (Å²) < 4.78 is 61.4. The molecule has 0 spiro atoms. The molecule has 1 aromatic carbocycles. The molecule has 2 rings (SSSR count). The number of hydrogen-bond acceptors (Lipinski definition) is 2. The van der Waals surface area contributed by atoms with Crippen LogP contribution in [0.4, 0.5) is 17.6 Å². The molecule has 1 saturated carbocycles. The minimum atomic E-state index is -1.72. The zero-order valence-electron chi connectivity index (χ0n) is 14.1. The van der Waals surface area contributed by atoms with E-state index in [4.69, 9.17) is 23.2 Å². The van der Waals surface area contributed by atoms with Crippen LogP contribution >= 0.6 is 23.2 Å². The van der Waals surface area contributed by atoms with Crippen molar-refractivity contribution in [2.75, 3.05) is 7.11 Å². The third kappa shape index (κ3) is 3.00. The molecule has 9 heteroatoms. The first-order valence-electron chi connectivity index (χ1n) is 7.52. The highest BCUT2D eigenvalue weighted by molar-refractivity contribution is 6.55. The van der Waals surface area contributed by atoms with Crippen LogP contribution < -0.4 is 0 Å². The number of carboxylic acids is 1. The second-order valence-electron chi connectivity index (χ2n) is 6.76. The van der Waals surface area contributed by atoms with Gasteiger partial charge in [-0.15, -0.1) is 0 Å². The van der Waals surface area contributed by atoms with Crippen molar-refractivity contribution in [2.24, 2.45) is 16.7 Å². The van der Waals surface area contributed by atoms with Crippen LogP contribution in [0.1, 0.15) is 25.0 Å². The van der Waals surface area contributed by atoms with Crippen LogP contribution in [0.5, 0.6) is 0 Å². The quantitative estimate of drug-likeness (QED) is 0.527. The lowest BCUT2D eigenvalue weighted by Crippen LogP contribution is -2.26. The maximum absolute atomic E-state index is 14.4. The third-order valence-electron chi connectivity index (χ3n) is 5.24. The van der Waals surface area contributed by atoms with Crippen LogP contribution in [0.15, 0.2) is 10.6 Å². The van der Waals surface area contributed by atoms with Crippen LogP contribution in [0.25, 0.3) is 0 Å². The molecule has 0 bridgehead atoms. The average molecular weight is 415 g/mol. The van der Waals surface area contributed by atoms with Gasteiger partial charge in [-0.25, -0.2) is 17.6 Å². The number of aliphatic carboxylic acids is 1. The van der Waals surface area contributed by atoms with Crippen molar-refractivity contribution in [3.05, 3.63) is 45.0 Å². The number of carboxylic acid groups (broad SMARTS) is 1. The van der Waals surface area contributed by atoms with Gasteiger partial charge in [0.15, 0.2) is 23.3 Å². The first kappa shape index (κ1) is 21.0. The number of allylic oxidation sites excluding steroid dienone is 1. The van der Waals surface area contributed by atoms with E-state index < -0.39 is 70.1 Å². The molecule has 1 fully saturated rings. The Morgan fingerprint density at radius 3 is 1.96 bits per heavy atom. The van der Waals surface area contributed by atoms with E-state index in [1.807, 2.05) is 0 Å². The van der Waals surface area contributed by atoms with Crippen LogP contribution in [0.3, 0.4) is 0 Å². The Morgan fingerprint density at radius 2 is 1.58 bits per heavy atom. The molecule has 0 heterocycles. The maximum Gasteiger partial charge on any atom is 0.311 e. The molecule has 1 aromatic rings. The van der Waals surface area contributed by atoms with Crippen LogP contribution in [-0.2, 0) is 22.6 Å². The second-order valence-corrected chi connectivity index (χ2v) is 7.76. The van der Waals surface area contributed by atoms with Crippen molar-refractivity contribution in [3.8, 4) is 0 Å². The van der Waals surface area contributed by atoms with Gasteiger partial charge in [-0.1, -0.05) is 37.0 Å². The van der Waals surface area contributed by atoms with Gasteiger partial charge in [-0.3, -0.25) is 4.79 Å². The number of carbonyl (C=O) groups is 1. The van der Waals surface area contributed by atoms with E-state index in [0.29, 0.717) is 0 Å². The van der Waals surface area contributed by atoms with E-state index in [1.165, 1.54) is 6.08 Å². The molecule has 144 valence electrons. The standard InChI is InChI=1S/C17H16Cl2F4O3/c1-16(2)9(4-10(18)19)17(16,15(24)25)5-7-11(20)13(22)8(6-26-3)14(23)12(7)21/h4,9H,5-6H2,1-3H3,(H,24,25)/t9-,17+/m1/s1. The highest BCUT2D eigenvalue weighted by Crippen LogP contribution is 2.71. The van der Waals surface area contributed by atoms with Crippen LogP contribution in [0, 0.1) is 40.0 Å². The number of methoxy groups -OCH3 is 1. The molecule has 3 nitrogen and oxygen atoms in total. The molecule has 0 aliphatic heterocycles. The first-order valence-corrected chi connectivity index (χ1v) is 8.27. The third-order valence-corrected chi connectivity index (χ3v) is 5.49. The largest absolute Gasteiger partial charge is 0.481 e. The Balaban J connectivity index is 2.60. The SMILES string of the molecule is COCc1c(F)c(F)c(C[C@@]2(C(=O)O)[C@H](C=C(Cl)Cl)C2(C)C)c(F)c1F. The fourth-order valence-corrected chi connectivity index (χ4v) is 3.87. The van der Waals surface area contributed by atoms with Gasteiger partial charge in [0.2, 0.25) is 0 Å². The van der Waals surface area contributed by atoms with E-state index in [0.717, 1.165) is 7.11 Å². The van der Waals surface area contributed by atoms with E-state index >= 15 is 0 Å². The summed E-state index contributed by atoms with van der Waals surface area (Å²) in [7, 11) is 1.11.